The predicted octanol–water partition coefficient (Wildman–Crippen LogP) is 2.50. The van der Waals surface area contributed by atoms with Gasteiger partial charge in [0.25, 0.3) is 0 Å². The van der Waals surface area contributed by atoms with Crippen molar-refractivity contribution in [2.24, 2.45) is 5.73 Å². The molecule has 0 spiro atoms. The lowest BCUT2D eigenvalue weighted by atomic mass is 9.81. The number of carbonyl (C=O) groups excluding carboxylic acids is 1. The van der Waals surface area contributed by atoms with E-state index in [9.17, 15) is 4.79 Å². The molecule has 1 aliphatic rings. The van der Waals surface area contributed by atoms with Gasteiger partial charge >= 0.3 is 0 Å². The van der Waals surface area contributed by atoms with Crippen LogP contribution in [0.25, 0.3) is 0 Å². The monoisotopic (exact) mass is 223 g/mol. The Bertz CT molecular complexity index is 378. The summed E-state index contributed by atoms with van der Waals surface area (Å²) in [6, 6.07) is 7.69. The number of nitrogens with two attached hydrogens (primary N) is 1. The summed E-state index contributed by atoms with van der Waals surface area (Å²) in [7, 11) is 0. The third-order valence-electron chi connectivity index (χ3n) is 2.90. The fourth-order valence-corrected chi connectivity index (χ4v) is 2.52. The van der Waals surface area contributed by atoms with E-state index < -0.39 is 0 Å². The van der Waals surface area contributed by atoms with Crippen LogP contribution in [0.5, 0.6) is 0 Å². The van der Waals surface area contributed by atoms with E-state index in [-0.39, 0.29) is 17.7 Å². The number of rotatable bonds is 1. The molecule has 1 aliphatic carbocycles. The van der Waals surface area contributed by atoms with Crippen molar-refractivity contribution in [3.05, 3.63) is 34.9 Å². The Morgan fingerprint density at radius 1 is 1.27 bits per heavy atom. The van der Waals surface area contributed by atoms with Crippen molar-refractivity contribution in [1.29, 1.82) is 0 Å². The van der Waals surface area contributed by atoms with Gasteiger partial charge in [0.1, 0.15) is 5.78 Å². The van der Waals surface area contributed by atoms with E-state index in [1.54, 1.807) is 0 Å². The van der Waals surface area contributed by atoms with Crippen molar-refractivity contribution in [1.82, 2.24) is 0 Å². The maximum atomic E-state index is 11.4. The van der Waals surface area contributed by atoms with Crippen LogP contribution in [0.4, 0.5) is 0 Å². The highest BCUT2D eigenvalue weighted by atomic mass is 35.5. The first-order valence-corrected chi connectivity index (χ1v) is 5.56. The van der Waals surface area contributed by atoms with Crippen LogP contribution in [0, 0.1) is 0 Å². The summed E-state index contributed by atoms with van der Waals surface area (Å²) in [6.45, 7) is 0. The van der Waals surface area contributed by atoms with Crippen molar-refractivity contribution in [3.63, 3.8) is 0 Å². The highest BCUT2D eigenvalue weighted by Crippen LogP contribution is 2.34. The van der Waals surface area contributed by atoms with E-state index in [0.29, 0.717) is 12.8 Å². The molecule has 1 aromatic carbocycles. The second-order valence-corrected chi connectivity index (χ2v) is 4.57. The van der Waals surface area contributed by atoms with E-state index in [0.717, 1.165) is 17.0 Å². The molecule has 2 unspecified atom stereocenters. The lowest BCUT2D eigenvalue weighted by Crippen LogP contribution is -2.32. The normalized spacial score (nSPS) is 26.7. The molecular formula is C12H14ClNO. The summed E-state index contributed by atoms with van der Waals surface area (Å²) in [4.78, 5) is 11.4. The van der Waals surface area contributed by atoms with Gasteiger partial charge in [-0.1, -0.05) is 29.8 Å². The van der Waals surface area contributed by atoms with Gasteiger partial charge in [0.2, 0.25) is 0 Å². The van der Waals surface area contributed by atoms with Crippen molar-refractivity contribution in [2.45, 2.75) is 31.2 Å². The highest BCUT2D eigenvalue weighted by Gasteiger charge is 2.27. The first kappa shape index (κ1) is 10.7. The molecule has 0 aliphatic heterocycles. The van der Waals surface area contributed by atoms with Crippen LogP contribution in [0.1, 0.15) is 30.7 Å². The molecule has 0 radical (unpaired) electrons. The van der Waals surface area contributed by atoms with E-state index in [1.807, 2.05) is 24.3 Å². The van der Waals surface area contributed by atoms with Gasteiger partial charge in [0, 0.05) is 23.9 Å². The molecule has 0 bridgehead atoms. The smallest absolute Gasteiger partial charge is 0.135 e. The Morgan fingerprint density at radius 2 is 2.00 bits per heavy atom. The fourth-order valence-electron chi connectivity index (χ4n) is 2.23. The fraction of sp³-hybridized carbons (Fsp3) is 0.417. The Balaban J connectivity index is 2.23. The van der Waals surface area contributed by atoms with Gasteiger partial charge in [0.05, 0.1) is 0 Å². The number of carbonyl (C=O) groups is 1. The van der Waals surface area contributed by atoms with Crippen LogP contribution in [-0.4, -0.2) is 11.8 Å². The van der Waals surface area contributed by atoms with Gasteiger partial charge in [-0.05, 0) is 24.0 Å². The number of Topliss-reactive ketones (excluding diaryl/α,β-unsaturated/α-hetero) is 1. The number of benzene rings is 1. The molecular weight excluding hydrogens is 210 g/mol. The molecule has 2 nitrogen and oxygen atoms in total. The summed E-state index contributed by atoms with van der Waals surface area (Å²) < 4.78 is 0. The quantitative estimate of drug-likeness (QED) is 0.795. The lowest BCUT2D eigenvalue weighted by Gasteiger charge is -2.26. The van der Waals surface area contributed by atoms with Crippen molar-refractivity contribution >= 4 is 17.4 Å². The molecule has 0 heterocycles. The minimum atomic E-state index is -0.00692. The predicted molar refractivity (Wildman–Crippen MR) is 61.0 cm³/mol. The molecule has 0 amide bonds. The zero-order valence-electron chi connectivity index (χ0n) is 8.45. The minimum Gasteiger partial charge on any atom is -0.327 e. The molecule has 15 heavy (non-hydrogen) atoms. The summed E-state index contributed by atoms with van der Waals surface area (Å²) in [5, 5.41) is 0.740. The van der Waals surface area contributed by atoms with Crippen LogP contribution in [-0.2, 0) is 4.79 Å². The van der Waals surface area contributed by atoms with Crippen molar-refractivity contribution < 1.29 is 4.79 Å². The molecule has 2 atom stereocenters. The van der Waals surface area contributed by atoms with Gasteiger partial charge in [-0.25, -0.2) is 0 Å². The largest absolute Gasteiger partial charge is 0.327 e. The number of halogens is 1. The lowest BCUT2D eigenvalue weighted by molar-refractivity contribution is -0.121. The van der Waals surface area contributed by atoms with E-state index >= 15 is 0 Å². The van der Waals surface area contributed by atoms with E-state index in [2.05, 4.69) is 0 Å². The van der Waals surface area contributed by atoms with Crippen molar-refractivity contribution in [3.8, 4) is 0 Å². The molecule has 2 N–H and O–H groups in total. The highest BCUT2D eigenvalue weighted by molar-refractivity contribution is 6.31. The number of hydrogen-bond donors (Lipinski definition) is 1. The molecule has 0 saturated heterocycles. The van der Waals surface area contributed by atoms with Crippen LogP contribution in [0.2, 0.25) is 5.02 Å². The average molecular weight is 224 g/mol. The Morgan fingerprint density at radius 3 is 2.67 bits per heavy atom. The van der Waals surface area contributed by atoms with Crippen LogP contribution in [0.15, 0.2) is 24.3 Å². The van der Waals surface area contributed by atoms with Crippen LogP contribution < -0.4 is 5.73 Å². The molecule has 1 fully saturated rings. The van der Waals surface area contributed by atoms with Gasteiger partial charge in [0.15, 0.2) is 0 Å². The molecule has 0 aromatic heterocycles. The van der Waals surface area contributed by atoms with E-state index in [1.165, 1.54) is 0 Å². The topological polar surface area (TPSA) is 43.1 Å². The SMILES string of the molecule is NC1CC(=O)CC(c2ccccc2Cl)C1. The number of ketones is 1. The van der Waals surface area contributed by atoms with E-state index in [4.69, 9.17) is 17.3 Å². The average Bonchev–Trinajstić information content (AvgIpc) is 2.16. The Kier molecular flexibility index (Phi) is 3.08. The van der Waals surface area contributed by atoms with Crippen LogP contribution >= 0.6 is 11.6 Å². The summed E-state index contributed by atoms with van der Waals surface area (Å²) in [5.41, 5.74) is 6.90. The maximum Gasteiger partial charge on any atom is 0.135 e. The van der Waals surface area contributed by atoms with Gasteiger partial charge in [-0.2, -0.15) is 0 Å². The molecule has 80 valence electrons. The Hall–Kier alpha value is -0.860. The standard InChI is InChI=1S/C12H14ClNO/c13-12-4-2-1-3-11(12)8-5-9(14)7-10(15)6-8/h1-4,8-9H,5-7,14H2. The third kappa shape index (κ3) is 2.39. The summed E-state index contributed by atoms with van der Waals surface area (Å²) in [6.07, 6.45) is 1.95. The molecule has 2 rings (SSSR count). The third-order valence-corrected chi connectivity index (χ3v) is 3.24. The summed E-state index contributed by atoms with van der Waals surface area (Å²) >= 11 is 6.10. The Labute approximate surface area is 94.4 Å². The molecule has 3 heteroatoms. The molecule has 1 saturated carbocycles. The van der Waals surface area contributed by atoms with Gasteiger partial charge < -0.3 is 5.73 Å². The van der Waals surface area contributed by atoms with Gasteiger partial charge in [-0.3, -0.25) is 4.79 Å². The maximum absolute atomic E-state index is 11.4. The summed E-state index contributed by atoms with van der Waals surface area (Å²) in [5.74, 6) is 0.452. The van der Waals surface area contributed by atoms with Crippen LogP contribution in [0.3, 0.4) is 0 Å². The first-order valence-electron chi connectivity index (χ1n) is 5.18. The number of hydrogen-bond acceptors (Lipinski definition) is 2. The second kappa shape index (κ2) is 4.33. The second-order valence-electron chi connectivity index (χ2n) is 4.16. The molecule has 1 aromatic rings. The zero-order chi connectivity index (χ0) is 10.8. The minimum absolute atomic E-state index is 0.00692. The zero-order valence-corrected chi connectivity index (χ0v) is 9.20. The van der Waals surface area contributed by atoms with Crippen molar-refractivity contribution in [2.75, 3.05) is 0 Å². The van der Waals surface area contributed by atoms with Gasteiger partial charge in [-0.15, -0.1) is 0 Å². The first-order chi connectivity index (χ1) is 7.16.